The Morgan fingerprint density at radius 3 is 2.50 bits per heavy atom. The van der Waals surface area contributed by atoms with Crippen LogP contribution in [0.1, 0.15) is 20.3 Å². The highest BCUT2D eigenvalue weighted by Gasteiger charge is 2.46. The molecule has 0 radical (unpaired) electrons. The lowest BCUT2D eigenvalue weighted by Crippen LogP contribution is -2.17. The van der Waals surface area contributed by atoms with Crippen molar-refractivity contribution in [1.82, 2.24) is 4.31 Å². The molecule has 1 aromatic rings. The highest BCUT2D eigenvalue weighted by Crippen LogP contribution is 2.34. The summed E-state index contributed by atoms with van der Waals surface area (Å²) in [5.74, 6) is 1.08. The lowest BCUT2D eigenvalue weighted by molar-refractivity contribution is 0.414. The molecule has 0 N–H and O–H groups in total. The zero-order chi connectivity index (χ0) is 13.3. The van der Waals surface area contributed by atoms with E-state index in [0.29, 0.717) is 23.1 Å². The van der Waals surface area contributed by atoms with Crippen molar-refractivity contribution >= 4 is 10.0 Å². The predicted octanol–water partition coefficient (Wildman–Crippen LogP) is 2.11. The van der Waals surface area contributed by atoms with Gasteiger partial charge in [0.25, 0.3) is 0 Å². The Morgan fingerprint density at radius 2 is 2.00 bits per heavy atom. The molecular formula is C13H19NO3S. The molecule has 1 aliphatic heterocycles. The summed E-state index contributed by atoms with van der Waals surface area (Å²) in [5.41, 5.74) is 0. The molecule has 2 unspecified atom stereocenters. The molecule has 2 rings (SSSR count). The number of hydrogen-bond donors (Lipinski definition) is 0. The molecule has 0 bridgehead atoms. The van der Waals surface area contributed by atoms with E-state index in [2.05, 4.69) is 13.8 Å². The van der Waals surface area contributed by atoms with Crippen molar-refractivity contribution in [3.8, 4) is 5.75 Å². The molecule has 1 aliphatic rings. The van der Waals surface area contributed by atoms with Gasteiger partial charge in [-0.2, -0.15) is 4.31 Å². The van der Waals surface area contributed by atoms with E-state index in [4.69, 9.17) is 4.74 Å². The number of ether oxygens (including phenoxy) is 1. The van der Waals surface area contributed by atoms with Gasteiger partial charge in [-0.3, -0.25) is 0 Å². The molecule has 5 heteroatoms. The Balaban J connectivity index is 2.17. The minimum Gasteiger partial charge on any atom is -0.497 e. The number of hydrogen-bond acceptors (Lipinski definition) is 3. The van der Waals surface area contributed by atoms with Crippen molar-refractivity contribution in [2.24, 2.45) is 5.92 Å². The molecule has 1 fully saturated rings. The van der Waals surface area contributed by atoms with Crippen molar-refractivity contribution in [3.63, 3.8) is 0 Å². The minimum atomic E-state index is -3.32. The summed E-state index contributed by atoms with van der Waals surface area (Å²) in [6, 6.07) is 6.71. The lowest BCUT2D eigenvalue weighted by atomic mass is 10.1. The van der Waals surface area contributed by atoms with Gasteiger partial charge >= 0.3 is 0 Å². The maximum atomic E-state index is 12.3. The zero-order valence-electron chi connectivity index (χ0n) is 11.0. The summed E-state index contributed by atoms with van der Waals surface area (Å²) in [6.45, 7) is 4.82. The summed E-state index contributed by atoms with van der Waals surface area (Å²) >= 11 is 0. The molecule has 0 amide bonds. The minimum absolute atomic E-state index is 0.169. The first-order chi connectivity index (χ1) is 8.50. The molecule has 1 saturated heterocycles. The van der Waals surface area contributed by atoms with Crippen molar-refractivity contribution in [2.75, 3.05) is 13.7 Å². The fourth-order valence-electron chi connectivity index (χ4n) is 2.03. The number of methoxy groups -OCH3 is 1. The van der Waals surface area contributed by atoms with E-state index in [1.165, 1.54) is 0 Å². The van der Waals surface area contributed by atoms with Crippen molar-refractivity contribution in [2.45, 2.75) is 31.2 Å². The maximum Gasteiger partial charge on any atom is 0.243 e. The summed E-state index contributed by atoms with van der Waals surface area (Å²) < 4.78 is 31.2. The van der Waals surface area contributed by atoms with Gasteiger partial charge in [-0.1, -0.05) is 20.3 Å². The molecule has 0 aromatic heterocycles. The predicted molar refractivity (Wildman–Crippen MR) is 70.1 cm³/mol. The topological polar surface area (TPSA) is 46.4 Å². The van der Waals surface area contributed by atoms with E-state index in [-0.39, 0.29) is 6.04 Å². The first-order valence-corrected chi connectivity index (χ1v) is 7.60. The van der Waals surface area contributed by atoms with Crippen LogP contribution in [0, 0.1) is 5.92 Å². The number of sulfonamides is 1. The highest BCUT2D eigenvalue weighted by molar-refractivity contribution is 7.89. The van der Waals surface area contributed by atoms with Gasteiger partial charge in [-0.05, 0) is 30.2 Å². The van der Waals surface area contributed by atoms with Crippen LogP contribution < -0.4 is 4.74 Å². The second kappa shape index (κ2) is 4.90. The van der Waals surface area contributed by atoms with Crippen molar-refractivity contribution in [3.05, 3.63) is 24.3 Å². The van der Waals surface area contributed by atoms with Crippen molar-refractivity contribution in [1.29, 1.82) is 0 Å². The number of rotatable bonds is 5. The van der Waals surface area contributed by atoms with Gasteiger partial charge in [-0.15, -0.1) is 0 Å². The third-order valence-corrected chi connectivity index (χ3v) is 5.48. The van der Waals surface area contributed by atoms with Gasteiger partial charge in [0.15, 0.2) is 0 Å². The fourth-order valence-corrected chi connectivity index (χ4v) is 3.70. The number of nitrogens with zero attached hydrogens (tertiary/aromatic N) is 1. The van der Waals surface area contributed by atoms with E-state index in [1.807, 2.05) is 0 Å². The Bertz CT molecular complexity index is 510. The summed E-state index contributed by atoms with van der Waals surface area (Å²) in [7, 11) is -1.75. The van der Waals surface area contributed by atoms with Gasteiger partial charge < -0.3 is 4.74 Å². The quantitative estimate of drug-likeness (QED) is 0.769. The smallest absolute Gasteiger partial charge is 0.243 e. The lowest BCUT2D eigenvalue weighted by Gasteiger charge is -2.10. The van der Waals surface area contributed by atoms with Gasteiger partial charge in [0.2, 0.25) is 10.0 Å². The van der Waals surface area contributed by atoms with E-state index in [0.717, 1.165) is 6.42 Å². The average molecular weight is 269 g/mol. The maximum absolute atomic E-state index is 12.3. The molecule has 0 saturated carbocycles. The molecule has 100 valence electrons. The van der Waals surface area contributed by atoms with Crippen LogP contribution in [-0.2, 0) is 10.0 Å². The zero-order valence-corrected chi connectivity index (χ0v) is 11.8. The van der Waals surface area contributed by atoms with Crippen LogP contribution in [0.15, 0.2) is 29.2 Å². The van der Waals surface area contributed by atoms with Gasteiger partial charge in [0.05, 0.1) is 12.0 Å². The fraction of sp³-hybridized carbons (Fsp3) is 0.538. The first kappa shape index (κ1) is 13.4. The SMILES string of the molecule is CCC(C)[C@H]1CN1S(=O)(=O)c1ccc(OC)cc1. The largest absolute Gasteiger partial charge is 0.497 e. The third-order valence-electron chi connectivity index (χ3n) is 3.57. The molecule has 18 heavy (non-hydrogen) atoms. The van der Waals surface area contributed by atoms with Crippen LogP contribution in [-0.4, -0.2) is 32.4 Å². The molecule has 1 aromatic carbocycles. The average Bonchev–Trinajstić information content (AvgIpc) is 3.18. The number of benzene rings is 1. The Labute approximate surface area is 109 Å². The normalized spacial score (nSPS) is 24.6. The van der Waals surface area contributed by atoms with Crippen LogP contribution in [0.25, 0.3) is 0 Å². The van der Waals surface area contributed by atoms with Gasteiger partial charge in [-0.25, -0.2) is 8.42 Å². The van der Waals surface area contributed by atoms with Crippen molar-refractivity contribution < 1.29 is 13.2 Å². The van der Waals surface area contributed by atoms with Crippen LogP contribution >= 0.6 is 0 Å². The van der Waals surface area contributed by atoms with Crippen LogP contribution in [0.4, 0.5) is 0 Å². The summed E-state index contributed by atoms with van der Waals surface area (Å²) in [5, 5.41) is 0. The summed E-state index contributed by atoms with van der Waals surface area (Å²) in [4.78, 5) is 0.342. The third kappa shape index (κ3) is 2.37. The molecule has 1 heterocycles. The van der Waals surface area contributed by atoms with E-state index < -0.39 is 10.0 Å². The van der Waals surface area contributed by atoms with Crippen LogP contribution in [0.2, 0.25) is 0 Å². The Morgan fingerprint density at radius 1 is 1.39 bits per heavy atom. The van der Waals surface area contributed by atoms with Gasteiger partial charge in [0.1, 0.15) is 5.75 Å². The summed E-state index contributed by atoms with van der Waals surface area (Å²) in [6.07, 6.45) is 0.999. The molecular weight excluding hydrogens is 250 g/mol. The second-order valence-electron chi connectivity index (χ2n) is 4.70. The molecule has 0 spiro atoms. The van der Waals surface area contributed by atoms with Crippen LogP contribution in [0.3, 0.4) is 0 Å². The molecule has 0 aliphatic carbocycles. The Hall–Kier alpha value is -1.07. The standard InChI is InChI=1S/C13H19NO3S/c1-4-10(2)13-9-14(13)18(15,16)12-7-5-11(17-3)6-8-12/h5-8,10,13H,4,9H2,1-3H3/t10?,13-,14?/m1/s1. The van der Waals surface area contributed by atoms with E-state index in [1.54, 1.807) is 35.7 Å². The van der Waals surface area contributed by atoms with Crippen LogP contribution in [0.5, 0.6) is 5.75 Å². The first-order valence-electron chi connectivity index (χ1n) is 6.16. The monoisotopic (exact) mass is 269 g/mol. The second-order valence-corrected chi connectivity index (χ2v) is 6.59. The van der Waals surface area contributed by atoms with Gasteiger partial charge in [0, 0.05) is 12.6 Å². The molecule has 3 atom stereocenters. The molecule has 4 nitrogen and oxygen atoms in total. The van der Waals surface area contributed by atoms with E-state index in [9.17, 15) is 8.42 Å². The Kier molecular flexibility index (Phi) is 3.64. The van der Waals surface area contributed by atoms with E-state index >= 15 is 0 Å². The highest BCUT2D eigenvalue weighted by atomic mass is 32.2.